The van der Waals surface area contributed by atoms with Gasteiger partial charge < -0.3 is 10.0 Å². The van der Waals surface area contributed by atoms with Crippen LogP contribution in [0.25, 0.3) is 0 Å². The first kappa shape index (κ1) is 19.9. The van der Waals surface area contributed by atoms with Gasteiger partial charge in [0.1, 0.15) is 17.7 Å². The van der Waals surface area contributed by atoms with Gasteiger partial charge in [0.2, 0.25) is 5.91 Å². The second-order valence-corrected chi connectivity index (χ2v) is 7.24. The predicted molar refractivity (Wildman–Crippen MR) is 97.9 cm³/mol. The largest absolute Gasteiger partial charge is 0.481 e. The van der Waals surface area contributed by atoms with Crippen molar-refractivity contribution >= 4 is 11.9 Å². The van der Waals surface area contributed by atoms with Crippen molar-refractivity contribution in [3.05, 3.63) is 41.5 Å². The third-order valence-electron chi connectivity index (χ3n) is 5.18. The number of rotatable bonds is 7. The molecule has 3 rings (SSSR count). The Hall–Kier alpha value is -2.84. The molecular formula is C19H24FN5O3. The molecule has 0 radical (unpaired) electrons. The van der Waals surface area contributed by atoms with Gasteiger partial charge >= 0.3 is 5.97 Å². The van der Waals surface area contributed by atoms with Gasteiger partial charge in [0.05, 0.1) is 0 Å². The summed E-state index contributed by atoms with van der Waals surface area (Å²) in [4.78, 5) is 26.0. The highest BCUT2D eigenvalue weighted by Gasteiger charge is 2.32. The molecule has 2 aromatic rings. The number of aryl methyl sites for hydroxylation is 1. The van der Waals surface area contributed by atoms with Crippen LogP contribution in [-0.4, -0.2) is 55.2 Å². The molecule has 1 aliphatic rings. The summed E-state index contributed by atoms with van der Waals surface area (Å²) in [7, 11) is 0. The zero-order valence-electron chi connectivity index (χ0n) is 15.8. The van der Waals surface area contributed by atoms with Gasteiger partial charge in [0.25, 0.3) is 0 Å². The number of nitrogens with zero attached hydrogens (tertiary/aromatic N) is 5. The molecule has 0 aliphatic carbocycles. The van der Waals surface area contributed by atoms with Crippen LogP contribution in [0.15, 0.2) is 24.3 Å². The molecule has 0 unspecified atom stereocenters. The third-order valence-corrected chi connectivity index (χ3v) is 5.18. The van der Waals surface area contributed by atoms with E-state index in [4.69, 9.17) is 5.11 Å². The van der Waals surface area contributed by atoms with E-state index < -0.39 is 12.0 Å². The lowest BCUT2D eigenvalue weighted by Gasteiger charge is -2.35. The number of halogens is 1. The Kier molecular flexibility index (Phi) is 6.33. The minimum Gasteiger partial charge on any atom is -0.481 e. The highest BCUT2D eigenvalue weighted by atomic mass is 19.1. The van der Waals surface area contributed by atoms with Gasteiger partial charge in [-0.15, -0.1) is 5.10 Å². The van der Waals surface area contributed by atoms with Gasteiger partial charge in [-0.2, -0.15) is 0 Å². The van der Waals surface area contributed by atoms with Crippen LogP contribution < -0.4 is 0 Å². The maximum Gasteiger partial charge on any atom is 0.303 e. The highest BCUT2D eigenvalue weighted by Crippen LogP contribution is 2.25. The van der Waals surface area contributed by atoms with Crippen LogP contribution in [0, 0.1) is 18.7 Å². The molecule has 9 heteroatoms. The van der Waals surface area contributed by atoms with Crippen LogP contribution in [-0.2, 0) is 16.0 Å². The van der Waals surface area contributed by atoms with E-state index in [0.29, 0.717) is 31.8 Å². The summed E-state index contributed by atoms with van der Waals surface area (Å²) in [5.74, 6) is -0.542. The minimum atomic E-state index is -0.818. The molecule has 1 fully saturated rings. The second-order valence-electron chi connectivity index (χ2n) is 7.24. The summed E-state index contributed by atoms with van der Waals surface area (Å²) in [6.07, 6.45) is 2.78. The van der Waals surface area contributed by atoms with Crippen LogP contribution >= 0.6 is 0 Å². The van der Waals surface area contributed by atoms with Crippen LogP contribution in [0.2, 0.25) is 0 Å². The standard InChI is InChI=1S/C19H24FN5O3/c1-13-21-22-23-25(13)17(11-14-4-7-16(20)8-5-14)19(28)24-10-2-3-15(12-24)6-9-18(26)27/h4-5,7-8,15,17H,2-3,6,9-12H2,1H3,(H,26,27)/t15-,17+/m1/s1. The van der Waals surface area contributed by atoms with E-state index in [9.17, 15) is 14.0 Å². The molecule has 0 bridgehead atoms. The number of likely N-dealkylation sites (tertiary alicyclic amines) is 1. The van der Waals surface area contributed by atoms with Gasteiger partial charge in [-0.3, -0.25) is 9.59 Å². The van der Waals surface area contributed by atoms with Crippen molar-refractivity contribution in [1.82, 2.24) is 25.1 Å². The lowest BCUT2D eigenvalue weighted by Crippen LogP contribution is -2.44. The quantitative estimate of drug-likeness (QED) is 0.777. The lowest BCUT2D eigenvalue weighted by molar-refractivity contribution is -0.138. The number of benzene rings is 1. The fraction of sp³-hybridized carbons (Fsp3) is 0.526. The SMILES string of the molecule is Cc1nnnn1[C@@H](Cc1ccc(F)cc1)C(=O)N1CCC[C@H](CCC(=O)O)C1. The Morgan fingerprint density at radius 1 is 1.32 bits per heavy atom. The second kappa shape index (κ2) is 8.90. The molecule has 0 saturated carbocycles. The van der Waals surface area contributed by atoms with Gasteiger partial charge in [-0.25, -0.2) is 9.07 Å². The van der Waals surface area contributed by atoms with Crippen LogP contribution in [0.1, 0.15) is 43.1 Å². The van der Waals surface area contributed by atoms with Crippen molar-refractivity contribution in [2.75, 3.05) is 13.1 Å². The molecule has 8 nitrogen and oxygen atoms in total. The molecule has 2 heterocycles. The summed E-state index contributed by atoms with van der Waals surface area (Å²) in [6.45, 7) is 2.90. The van der Waals surface area contributed by atoms with Gasteiger partial charge in [0.15, 0.2) is 0 Å². The number of hydrogen-bond acceptors (Lipinski definition) is 5. The van der Waals surface area contributed by atoms with E-state index in [1.165, 1.54) is 16.8 Å². The van der Waals surface area contributed by atoms with Gasteiger partial charge in [-0.1, -0.05) is 12.1 Å². The monoisotopic (exact) mass is 389 g/mol. The van der Waals surface area contributed by atoms with Gasteiger partial charge in [-0.05, 0) is 60.2 Å². The third kappa shape index (κ3) is 4.90. The fourth-order valence-electron chi connectivity index (χ4n) is 3.69. The van der Waals surface area contributed by atoms with E-state index >= 15 is 0 Å². The highest BCUT2D eigenvalue weighted by molar-refractivity contribution is 5.81. The van der Waals surface area contributed by atoms with E-state index in [2.05, 4.69) is 15.5 Å². The van der Waals surface area contributed by atoms with Crippen molar-refractivity contribution in [3.63, 3.8) is 0 Å². The van der Waals surface area contributed by atoms with E-state index in [-0.39, 0.29) is 24.1 Å². The Bertz CT molecular complexity index is 823. The summed E-state index contributed by atoms with van der Waals surface area (Å²) in [6, 6.07) is 5.42. The zero-order chi connectivity index (χ0) is 20.1. The number of carboxylic acid groups (broad SMARTS) is 1. The molecule has 0 spiro atoms. The molecule has 1 N–H and O–H groups in total. The Labute approximate surface area is 162 Å². The van der Waals surface area contributed by atoms with Crippen LogP contribution in [0.5, 0.6) is 0 Å². The van der Waals surface area contributed by atoms with Gasteiger partial charge in [0, 0.05) is 25.9 Å². The van der Waals surface area contributed by atoms with Crippen molar-refractivity contribution in [3.8, 4) is 0 Å². The molecule has 1 aromatic carbocycles. The van der Waals surface area contributed by atoms with Crippen LogP contribution in [0.4, 0.5) is 4.39 Å². The number of piperidine rings is 1. The average Bonchev–Trinajstić information content (AvgIpc) is 3.11. The first-order valence-corrected chi connectivity index (χ1v) is 9.43. The molecule has 1 saturated heterocycles. The zero-order valence-corrected chi connectivity index (χ0v) is 15.8. The normalized spacial score (nSPS) is 18.1. The maximum absolute atomic E-state index is 13.3. The number of amides is 1. The summed E-state index contributed by atoms with van der Waals surface area (Å²) >= 11 is 0. The van der Waals surface area contributed by atoms with E-state index in [1.54, 1.807) is 24.0 Å². The number of aromatic nitrogens is 4. The average molecular weight is 389 g/mol. The predicted octanol–water partition coefficient (Wildman–Crippen LogP) is 2.01. The van der Waals surface area contributed by atoms with Crippen molar-refractivity contribution < 1.29 is 19.1 Å². The summed E-state index contributed by atoms with van der Waals surface area (Å²) in [5.41, 5.74) is 0.814. The Balaban J connectivity index is 1.77. The smallest absolute Gasteiger partial charge is 0.303 e. The first-order chi connectivity index (χ1) is 13.4. The lowest BCUT2D eigenvalue weighted by atomic mass is 9.92. The maximum atomic E-state index is 13.3. The summed E-state index contributed by atoms with van der Waals surface area (Å²) in [5, 5.41) is 20.4. The van der Waals surface area contributed by atoms with E-state index in [1.807, 2.05) is 0 Å². The number of aliphatic carboxylic acids is 1. The molecule has 2 atom stereocenters. The number of hydrogen-bond donors (Lipinski definition) is 1. The molecule has 1 aromatic heterocycles. The molecule has 1 amide bonds. The van der Waals surface area contributed by atoms with Crippen molar-refractivity contribution in [1.29, 1.82) is 0 Å². The minimum absolute atomic E-state index is 0.0975. The van der Waals surface area contributed by atoms with Crippen molar-refractivity contribution in [2.45, 2.75) is 45.1 Å². The Morgan fingerprint density at radius 3 is 2.71 bits per heavy atom. The van der Waals surface area contributed by atoms with Crippen LogP contribution in [0.3, 0.4) is 0 Å². The Morgan fingerprint density at radius 2 is 2.07 bits per heavy atom. The van der Waals surface area contributed by atoms with Crippen molar-refractivity contribution in [2.24, 2.45) is 5.92 Å². The number of carbonyl (C=O) groups excluding carboxylic acids is 1. The topological polar surface area (TPSA) is 101 Å². The molecular weight excluding hydrogens is 365 g/mol. The first-order valence-electron chi connectivity index (χ1n) is 9.43. The fourth-order valence-corrected chi connectivity index (χ4v) is 3.69. The number of carbonyl (C=O) groups is 2. The molecule has 150 valence electrons. The summed E-state index contributed by atoms with van der Waals surface area (Å²) < 4.78 is 14.7. The number of carboxylic acids is 1. The van der Waals surface area contributed by atoms with E-state index in [0.717, 1.165) is 18.4 Å². The number of tetrazole rings is 1. The molecule has 28 heavy (non-hydrogen) atoms. The molecule has 1 aliphatic heterocycles.